The number of hydrogen-bond donors (Lipinski definition) is 0. The number of fused-ring (bicyclic) bond motifs is 14. The van der Waals surface area contributed by atoms with Gasteiger partial charge in [-0.05, 0) is 157 Å². The summed E-state index contributed by atoms with van der Waals surface area (Å²) in [6.45, 7) is 14.1. The Kier molecular flexibility index (Phi) is 10.3. The van der Waals surface area contributed by atoms with Gasteiger partial charge in [-0.3, -0.25) is 0 Å². The van der Waals surface area contributed by atoms with Gasteiger partial charge in [-0.2, -0.15) is 0 Å². The van der Waals surface area contributed by atoms with Crippen molar-refractivity contribution in [3.8, 4) is 55.6 Å². The molecule has 0 saturated carbocycles. The molecule has 0 N–H and O–H groups in total. The second-order valence-electron chi connectivity index (χ2n) is 23.2. The molecular weight excluding hydrogens is 915 g/mol. The van der Waals surface area contributed by atoms with E-state index in [4.69, 9.17) is 0 Å². The summed E-state index contributed by atoms with van der Waals surface area (Å²) in [5.74, 6) is 0. The number of benzene rings is 12. The van der Waals surface area contributed by atoms with Gasteiger partial charge in [-0.1, -0.05) is 260 Å². The molecule has 12 aromatic rings. The van der Waals surface area contributed by atoms with Crippen molar-refractivity contribution in [2.24, 2.45) is 0 Å². The van der Waals surface area contributed by atoms with Crippen LogP contribution in [0.4, 0.5) is 17.1 Å². The van der Waals surface area contributed by atoms with E-state index in [1.165, 1.54) is 121 Å². The topological polar surface area (TPSA) is 3.24 Å². The maximum Gasteiger partial charge on any atom is 0.0726 e. The molecule has 1 heteroatoms. The third-order valence-electron chi connectivity index (χ3n) is 16.8. The van der Waals surface area contributed by atoms with Gasteiger partial charge in [0.05, 0.1) is 11.1 Å². The number of rotatable bonds is 6. The van der Waals surface area contributed by atoms with Gasteiger partial charge in [0.25, 0.3) is 0 Å². The second kappa shape index (κ2) is 17.1. The Morgan fingerprint density at radius 1 is 0.289 bits per heavy atom. The molecule has 0 atom stereocenters. The Morgan fingerprint density at radius 2 is 0.803 bits per heavy atom. The lowest BCUT2D eigenvalue weighted by Gasteiger charge is -2.34. The van der Waals surface area contributed by atoms with E-state index in [9.17, 15) is 0 Å². The first-order chi connectivity index (χ1) is 37.0. The predicted molar refractivity (Wildman–Crippen MR) is 324 cm³/mol. The van der Waals surface area contributed by atoms with E-state index in [0.717, 1.165) is 17.1 Å². The molecule has 1 nitrogen and oxygen atoms in total. The smallest absolute Gasteiger partial charge is 0.0726 e. The summed E-state index contributed by atoms with van der Waals surface area (Å²) >= 11 is 0. The first-order valence-corrected chi connectivity index (χ1v) is 27.0. The van der Waals surface area contributed by atoms with Crippen LogP contribution in [0.2, 0.25) is 0 Å². The minimum atomic E-state index is -0.561. The van der Waals surface area contributed by atoms with E-state index in [-0.39, 0.29) is 10.8 Å². The monoisotopic (exact) mass is 973 g/mol. The van der Waals surface area contributed by atoms with Gasteiger partial charge in [-0.25, -0.2) is 0 Å². The number of nitrogens with zero attached hydrogens (tertiary/aromatic N) is 1. The lowest BCUT2D eigenvalue weighted by Crippen LogP contribution is -2.27. The van der Waals surface area contributed by atoms with Crippen LogP contribution in [0.3, 0.4) is 0 Å². The van der Waals surface area contributed by atoms with E-state index >= 15 is 0 Å². The van der Waals surface area contributed by atoms with Crippen molar-refractivity contribution < 1.29 is 0 Å². The van der Waals surface area contributed by atoms with Crippen LogP contribution < -0.4 is 4.90 Å². The zero-order valence-corrected chi connectivity index (χ0v) is 44.1. The van der Waals surface area contributed by atoms with Gasteiger partial charge in [-0.15, -0.1) is 0 Å². The Hall–Kier alpha value is -8.78. The molecular formula is C75H59N. The Labute approximate surface area is 447 Å². The molecule has 14 rings (SSSR count). The van der Waals surface area contributed by atoms with E-state index in [1.54, 1.807) is 0 Å². The van der Waals surface area contributed by atoms with Crippen molar-refractivity contribution >= 4 is 49.4 Å². The van der Waals surface area contributed by atoms with Gasteiger partial charge in [0.2, 0.25) is 0 Å². The van der Waals surface area contributed by atoms with E-state index in [0.29, 0.717) is 0 Å². The molecule has 0 aliphatic heterocycles. The van der Waals surface area contributed by atoms with Crippen LogP contribution in [0, 0.1) is 0 Å². The van der Waals surface area contributed by atoms with Crippen LogP contribution in [0.5, 0.6) is 0 Å². The average molecular weight is 974 g/mol. The molecule has 0 saturated heterocycles. The van der Waals surface area contributed by atoms with Crippen LogP contribution in [0.15, 0.2) is 249 Å². The number of hydrogen-bond acceptors (Lipinski definition) is 1. The van der Waals surface area contributed by atoms with E-state index < -0.39 is 5.41 Å². The third kappa shape index (κ3) is 6.99. The summed E-state index contributed by atoms with van der Waals surface area (Å²) in [7, 11) is 0. The van der Waals surface area contributed by atoms with Crippen molar-refractivity contribution in [1.29, 1.82) is 0 Å². The summed E-state index contributed by atoms with van der Waals surface area (Å²) in [6.07, 6.45) is 0. The van der Waals surface area contributed by atoms with Crippen molar-refractivity contribution in [3.63, 3.8) is 0 Å². The molecule has 12 aromatic carbocycles. The fraction of sp³-hybridized carbons (Fsp3) is 0.120. The molecule has 0 unspecified atom stereocenters. The van der Waals surface area contributed by atoms with Crippen LogP contribution in [0.25, 0.3) is 88.0 Å². The molecule has 1 spiro atoms. The highest BCUT2D eigenvalue weighted by Crippen LogP contribution is 2.64. The Balaban J connectivity index is 1.06. The Bertz CT molecular complexity index is 4240. The Morgan fingerprint density at radius 3 is 1.54 bits per heavy atom. The lowest BCUT2D eigenvalue weighted by molar-refractivity contribution is 0.586. The molecule has 2 aliphatic rings. The fourth-order valence-electron chi connectivity index (χ4n) is 13.1. The zero-order chi connectivity index (χ0) is 51.5. The van der Waals surface area contributed by atoms with Crippen molar-refractivity contribution in [2.75, 3.05) is 4.90 Å². The highest BCUT2D eigenvalue weighted by molar-refractivity contribution is 6.13. The summed E-state index contributed by atoms with van der Waals surface area (Å²) in [6, 6.07) is 94.2. The summed E-state index contributed by atoms with van der Waals surface area (Å²) in [5, 5.41) is 7.48. The van der Waals surface area contributed by atoms with Gasteiger partial charge in [0, 0.05) is 16.9 Å². The molecule has 0 amide bonds. The molecule has 0 aromatic heterocycles. The standard InChI is InChI=1S/C75H59N/c1-73(2,3)52-37-41-62-63-42-38-53(74(4,5)6)46-69(63)75(68(62)45-52)67-34-14-12-28-61(67)64-43-39-55(47-70(64)75)76(54-26-16-25-51(44-54)57-30-19-32-59-56-27-11-10-22-49(56)36-40-60(57)59)71-35-15-13-29-65(71)66-33-18-24-50-23-17-31-58(72(50)66)48-20-8-7-9-21-48/h7-47H,1-6H3. The summed E-state index contributed by atoms with van der Waals surface area (Å²) in [4.78, 5) is 2.55. The SMILES string of the molecule is CC(C)(C)c1ccc2c(c1)C1(c3ccccc3-c3ccc(N(c4cccc(-c5cccc6c5ccc5ccccc56)c4)c4ccccc4-c4cccc5cccc(-c6ccccc6)c45)cc31)c1cc(C(C)(C)C)ccc1-2. The molecule has 0 heterocycles. The first kappa shape index (κ1) is 45.8. The zero-order valence-electron chi connectivity index (χ0n) is 44.1. The molecule has 364 valence electrons. The fourth-order valence-corrected chi connectivity index (χ4v) is 13.1. The van der Waals surface area contributed by atoms with Crippen LogP contribution in [0.1, 0.15) is 74.9 Å². The largest absolute Gasteiger partial charge is 0.310 e. The summed E-state index contributed by atoms with van der Waals surface area (Å²) in [5.41, 5.74) is 23.1. The van der Waals surface area contributed by atoms with Crippen LogP contribution in [-0.4, -0.2) is 0 Å². The molecule has 0 radical (unpaired) electrons. The number of anilines is 3. The lowest BCUT2D eigenvalue weighted by atomic mass is 9.68. The minimum absolute atomic E-state index is 0.0466. The first-order valence-electron chi connectivity index (χ1n) is 27.0. The van der Waals surface area contributed by atoms with Gasteiger partial charge in [0.1, 0.15) is 0 Å². The van der Waals surface area contributed by atoms with Crippen molar-refractivity contribution in [2.45, 2.75) is 57.8 Å². The average Bonchev–Trinajstić information content (AvgIpc) is 4.12. The van der Waals surface area contributed by atoms with Gasteiger partial charge >= 0.3 is 0 Å². The van der Waals surface area contributed by atoms with Crippen molar-refractivity contribution in [1.82, 2.24) is 0 Å². The maximum absolute atomic E-state index is 2.56. The molecule has 0 fully saturated rings. The van der Waals surface area contributed by atoms with Crippen LogP contribution in [-0.2, 0) is 16.2 Å². The molecule has 76 heavy (non-hydrogen) atoms. The van der Waals surface area contributed by atoms with Gasteiger partial charge < -0.3 is 4.90 Å². The predicted octanol–water partition coefficient (Wildman–Crippen LogP) is 20.6. The van der Waals surface area contributed by atoms with E-state index in [1.807, 2.05) is 0 Å². The maximum atomic E-state index is 2.56. The quantitative estimate of drug-likeness (QED) is 0.150. The highest BCUT2D eigenvalue weighted by atomic mass is 15.1. The summed E-state index contributed by atoms with van der Waals surface area (Å²) < 4.78 is 0. The van der Waals surface area contributed by atoms with Gasteiger partial charge in [0.15, 0.2) is 0 Å². The third-order valence-corrected chi connectivity index (χ3v) is 16.8. The normalized spacial score (nSPS) is 13.2. The van der Waals surface area contributed by atoms with Crippen molar-refractivity contribution in [3.05, 3.63) is 282 Å². The molecule has 0 bridgehead atoms. The minimum Gasteiger partial charge on any atom is -0.310 e. The van der Waals surface area contributed by atoms with E-state index in [2.05, 4.69) is 295 Å². The van der Waals surface area contributed by atoms with Crippen LogP contribution >= 0.6 is 0 Å². The highest BCUT2D eigenvalue weighted by Gasteiger charge is 2.52. The molecule has 2 aliphatic carbocycles. The number of para-hydroxylation sites is 1. The second-order valence-corrected chi connectivity index (χ2v) is 23.2.